The van der Waals surface area contributed by atoms with Crippen LogP contribution in [0.25, 0.3) is 11.0 Å². The van der Waals surface area contributed by atoms with Crippen LogP contribution in [0, 0.1) is 13.0 Å². The summed E-state index contributed by atoms with van der Waals surface area (Å²) in [5, 5.41) is 1.12. The van der Waals surface area contributed by atoms with Gasteiger partial charge in [0.1, 0.15) is 5.58 Å². The second-order valence-electron chi connectivity index (χ2n) is 2.35. The van der Waals surface area contributed by atoms with Crippen LogP contribution in [-0.2, 0) is 0 Å². The van der Waals surface area contributed by atoms with Crippen LogP contribution in [0.4, 0.5) is 0 Å². The molecule has 10 heavy (non-hydrogen) atoms. The quantitative estimate of drug-likeness (QED) is 0.535. The van der Waals surface area contributed by atoms with Gasteiger partial charge < -0.3 is 4.42 Å². The van der Waals surface area contributed by atoms with Gasteiger partial charge in [-0.2, -0.15) is 0 Å². The Balaban J connectivity index is 2.86. The van der Waals surface area contributed by atoms with E-state index in [9.17, 15) is 0 Å². The van der Waals surface area contributed by atoms with Crippen molar-refractivity contribution in [3.05, 3.63) is 36.1 Å². The van der Waals surface area contributed by atoms with Crippen LogP contribution in [0.1, 0.15) is 5.56 Å². The standard InChI is InChI=1S/C9H7O/c1-7-2-3-8-4-5-10-9(8)6-7/h2-5H,1H3. The first-order chi connectivity index (χ1) is 4.86. The summed E-state index contributed by atoms with van der Waals surface area (Å²) >= 11 is 0. The van der Waals surface area contributed by atoms with E-state index in [1.54, 1.807) is 6.26 Å². The van der Waals surface area contributed by atoms with E-state index in [0.29, 0.717) is 0 Å². The summed E-state index contributed by atoms with van der Waals surface area (Å²) in [6.45, 7) is 2.00. The van der Waals surface area contributed by atoms with Crippen molar-refractivity contribution < 1.29 is 4.42 Å². The van der Waals surface area contributed by atoms with Crippen molar-refractivity contribution in [3.8, 4) is 0 Å². The summed E-state index contributed by atoms with van der Waals surface area (Å²) in [5.41, 5.74) is 1.96. The van der Waals surface area contributed by atoms with E-state index in [4.69, 9.17) is 4.42 Å². The fourth-order valence-electron chi connectivity index (χ4n) is 0.987. The minimum Gasteiger partial charge on any atom is -0.464 e. The number of furan rings is 1. The Hall–Kier alpha value is -1.24. The van der Waals surface area contributed by atoms with Crippen molar-refractivity contribution >= 4 is 11.0 Å². The third-order valence-electron chi connectivity index (χ3n) is 1.52. The number of fused-ring (bicyclic) bond motifs is 1. The van der Waals surface area contributed by atoms with Gasteiger partial charge in [-0.25, -0.2) is 0 Å². The molecule has 0 aliphatic rings. The Bertz CT molecular complexity index is 346. The molecule has 1 radical (unpaired) electrons. The van der Waals surface area contributed by atoms with Crippen molar-refractivity contribution in [2.45, 2.75) is 6.92 Å². The molecule has 1 aromatic carbocycles. The lowest BCUT2D eigenvalue weighted by Gasteiger charge is -1.88. The van der Waals surface area contributed by atoms with Gasteiger partial charge in [0.2, 0.25) is 0 Å². The predicted octanol–water partition coefficient (Wildman–Crippen LogP) is 2.54. The number of aryl methyl sites for hydroxylation is 1. The topological polar surface area (TPSA) is 13.1 Å². The maximum absolute atomic E-state index is 5.14. The summed E-state index contributed by atoms with van der Waals surface area (Å²) < 4.78 is 5.14. The lowest BCUT2D eigenvalue weighted by molar-refractivity contribution is 0.615. The van der Waals surface area contributed by atoms with Crippen LogP contribution in [-0.4, -0.2) is 0 Å². The van der Waals surface area contributed by atoms with E-state index in [1.165, 1.54) is 0 Å². The van der Waals surface area contributed by atoms with E-state index < -0.39 is 0 Å². The van der Waals surface area contributed by atoms with Gasteiger partial charge >= 0.3 is 0 Å². The maximum atomic E-state index is 5.14. The highest BCUT2D eigenvalue weighted by molar-refractivity contribution is 5.76. The molecule has 0 bridgehead atoms. The fourth-order valence-corrected chi connectivity index (χ4v) is 0.987. The first-order valence-electron chi connectivity index (χ1n) is 3.22. The average Bonchev–Trinajstić information content (AvgIpc) is 2.33. The molecule has 0 saturated carbocycles. The van der Waals surface area contributed by atoms with E-state index in [-0.39, 0.29) is 0 Å². The highest BCUT2D eigenvalue weighted by Crippen LogP contribution is 2.14. The molecule has 0 spiro atoms. The van der Waals surface area contributed by atoms with Gasteiger partial charge in [0.15, 0.2) is 0 Å². The monoisotopic (exact) mass is 131 g/mol. The molecule has 1 nitrogen and oxygen atoms in total. The molecule has 2 rings (SSSR count). The minimum atomic E-state index is 0.847. The Kier molecular flexibility index (Phi) is 1.04. The molecule has 1 heterocycles. The molecule has 2 aromatic rings. The van der Waals surface area contributed by atoms with Gasteiger partial charge in [0.05, 0.1) is 6.26 Å². The predicted molar refractivity (Wildman–Crippen MR) is 39.8 cm³/mol. The molecule has 1 aromatic heterocycles. The Morgan fingerprint density at radius 3 is 3.10 bits per heavy atom. The molecule has 0 amide bonds. The summed E-state index contributed by atoms with van der Waals surface area (Å²) in [4.78, 5) is 0. The first kappa shape index (κ1) is 5.54. The van der Waals surface area contributed by atoms with Crippen LogP contribution < -0.4 is 0 Å². The Morgan fingerprint density at radius 1 is 1.30 bits per heavy atom. The molecular weight excluding hydrogens is 124 g/mol. The summed E-state index contributed by atoms with van der Waals surface area (Å²) in [5.74, 6) is 0. The van der Waals surface area contributed by atoms with Crippen molar-refractivity contribution in [2.24, 2.45) is 0 Å². The van der Waals surface area contributed by atoms with Crippen LogP contribution in [0.2, 0.25) is 0 Å². The van der Waals surface area contributed by atoms with Crippen LogP contribution in [0.3, 0.4) is 0 Å². The second-order valence-corrected chi connectivity index (χ2v) is 2.35. The molecule has 0 fully saturated rings. The minimum absolute atomic E-state index is 0.847. The van der Waals surface area contributed by atoms with Crippen molar-refractivity contribution in [3.63, 3.8) is 0 Å². The van der Waals surface area contributed by atoms with Crippen LogP contribution in [0.15, 0.2) is 28.9 Å². The third-order valence-corrected chi connectivity index (χ3v) is 1.52. The third kappa shape index (κ3) is 0.711. The fraction of sp³-hybridized carbons (Fsp3) is 0.111. The molecule has 0 aliphatic carbocycles. The molecule has 0 N–H and O–H groups in total. The summed E-state index contributed by atoms with van der Waals surface area (Å²) in [6, 6.07) is 9.10. The molecule has 0 atom stereocenters. The van der Waals surface area contributed by atoms with Crippen molar-refractivity contribution in [2.75, 3.05) is 0 Å². The van der Waals surface area contributed by atoms with Gasteiger partial charge in [-0.1, -0.05) is 12.1 Å². The largest absolute Gasteiger partial charge is 0.464 e. The zero-order valence-electron chi connectivity index (χ0n) is 5.72. The van der Waals surface area contributed by atoms with E-state index in [0.717, 1.165) is 16.5 Å². The highest BCUT2D eigenvalue weighted by atomic mass is 16.3. The highest BCUT2D eigenvalue weighted by Gasteiger charge is 1.94. The first-order valence-corrected chi connectivity index (χ1v) is 3.22. The lowest BCUT2D eigenvalue weighted by atomic mass is 10.2. The molecule has 1 heteroatoms. The number of hydrogen-bond acceptors (Lipinski definition) is 1. The molecule has 0 aliphatic heterocycles. The van der Waals surface area contributed by atoms with E-state index >= 15 is 0 Å². The Labute approximate surface area is 59.3 Å². The molecular formula is C9H7O. The average molecular weight is 131 g/mol. The summed E-state index contributed by atoms with van der Waals surface area (Å²) in [7, 11) is 0. The SMILES string of the molecule is Cc1[c]c2occc2cc1. The van der Waals surface area contributed by atoms with Gasteiger partial charge in [-0.3, -0.25) is 0 Å². The molecule has 0 saturated heterocycles. The van der Waals surface area contributed by atoms with Crippen molar-refractivity contribution in [1.82, 2.24) is 0 Å². The normalized spacial score (nSPS) is 10.5. The lowest BCUT2D eigenvalue weighted by Crippen LogP contribution is -1.68. The van der Waals surface area contributed by atoms with Gasteiger partial charge in [-0.15, -0.1) is 0 Å². The van der Waals surface area contributed by atoms with Crippen LogP contribution in [0.5, 0.6) is 0 Å². The van der Waals surface area contributed by atoms with Crippen LogP contribution >= 0.6 is 0 Å². The zero-order chi connectivity index (χ0) is 6.97. The van der Waals surface area contributed by atoms with Gasteiger partial charge in [-0.05, 0) is 18.6 Å². The van der Waals surface area contributed by atoms with E-state index in [1.807, 2.05) is 25.1 Å². The Morgan fingerprint density at radius 2 is 2.20 bits per heavy atom. The maximum Gasteiger partial charge on any atom is 0.142 e. The number of hydrogen-bond donors (Lipinski definition) is 0. The number of rotatable bonds is 0. The van der Waals surface area contributed by atoms with Gasteiger partial charge in [0, 0.05) is 11.5 Å². The molecule has 49 valence electrons. The second kappa shape index (κ2) is 1.87. The van der Waals surface area contributed by atoms with Crippen molar-refractivity contribution in [1.29, 1.82) is 0 Å². The summed E-state index contributed by atoms with van der Waals surface area (Å²) in [6.07, 6.45) is 1.68. The van der Waals surface area contributed by atoms with Gasteiger partial charge in [0.25, 0.3) is 0 Å². The van der Waals surface area contributed by atoms with E-state index in [2.05, 4.69) is 6.07 Å². The zero-order valence-corrected chi connectivity index (χ0v) is 5.72. The smallest absolute Gasteiger partial charge is 0.142 e. The number of benzene rings is 1. The molecule has 0 unspecified atom stereocenters.